The number of nitrogens with one attached hydrogen (secondary N) is 3. The maximum atomic E-state index is 13.6. The minimum Gasteiger partial charge on any atom is -0.420 e. The van der Waals surface area contributed by atoms with Crippen molar-refractivity contribution in [2.24, 2.45) is 0 Å². The quantitative estimate of drug-likeness (QED) is 0.0135. The highest BCUT2D eigenvalue weighted by molar-refractivity contribution is 5.95. The molecule has 0 radical (unpaired) electrons. The second-order valence-corrected chi connectivity index (χ2v) is 18.0. The third-order valence-electron chi connectivity index (χ3n) is 11.6. The zero-order valence-corrected chi connectivity index (χ0v) is 48.9. The van der Waals surface area contributed by atoms with Crippen molar-refractivity contribution >= 4 is 35.3 Å². The summed E-state index contributed by atoms with van der Waals surface area (Å²) in [6, 6.07) is 15.0. The van der Waals surface area contributed by atoms with Gasteiger partial charge in [0.05, 0.1) is 177 Å². The van der Waals surface area contributed by atoms with Crippen LogP contribution in [0.5, 0.6) is 5.75 Å². The molecule has 3 aromatic rings. The highest BCUT2D eigenvalue weighted by Gasteiger charge is 2.29. The molecule has 0 bridgehead atoms. The first-order valence-electron chi connectivity index (χ1n) is 28.2. The lowest BCUT2D eigenvalue weighted by Gasteiger charge is -2.26. The van der Waals surface area contributed by atoms with E-state index in [1.54, 1.807) is 19.1 Å². The van der Waals surface area contributed by atoms with Crippen LogP contribution in [-0.2, 0) is 87.4 Å². The molecule has 0 aliphatic carbocycles. The molecule has 1 aliphatic heterocycles. The fraction of sp³-hybridized carbons (Fsp3) is 0.576. The lowest BCUT2D eigenvalue weighted by molar-refractivity contribution is -0.135. The molecule has 27 heteroatoms. The summed E-state index contributed by atoms with van der Waals surface area (Å²) in [7, 11) is 3.25. The normalized spacial score (nSPS) is 11.5. The van der Waals surface area contributed by atoms with Crippen LogP contribution >= 0.6 is 0 Å². The predicted octanol–water partition coefficient (Wildman–Crippen LogP) is 4.37. The molecular weight excluding hydrogens is 1150 g/mol. The molecule has 0 spiro atoms. The maximum absolute atomic E-state index is 13.6. The molecule has 480 valence electrons. The van der Waals surface area contributed by atoms with Crippen LogP contribution in [0.1, 0.15) is 55.2 Å². The number of fused-ring (bicyclic) bond motifs is 2. The van der Waals surface area contributed by atoms with Crippen LogP contribution in [0.4, 0.5) is 27.6 Å². The number of carbonyl (C=O) groups is 5. The molecule has 4 amide bonds. The van der Waals surface area contributed by atoms with Gasteiger partial charge in [0.15, 0.2) is 0 Å². The minimum atomic E-state index is -2.40. The number of rotatable bonds is 47. The van der Waals surface area contributed by atoms with E-state index in [0.717, 1.165) is 16.7 Å². The van der Waals surface area contributed by atoms with E-state index in [4.69, 9.17) is 56.8 Å². The summed E-state index contributed by atoms with van der Waals surface area (Å²) in [5, 5.41) is 7.18. The number of para-hydroxylation sites is 1. The van der Waals surface area contributed by atoms with Gasteiger partial charge >= 0.3 is 5.97 Å². The standard InChI is InChI=1S/C32H26F5N3O5.C27H55NO13/c33-27-28(34)30(36)32(31(37)29(27)35)45-26(44)15-16-38-24(42)17-39-23(41)11-5-6-12-25(43)40-18-21-9-2-1-7-19(21)13-14-20-8-3-4-10-22(20)40;1-28-27(29)3-4-31-7-8-33-11-12-35-15-16-37-19-20-39-23-24-41-26-25-40-22-21-38-18-17-36-14-13-34-10-9-32-6-5-30-2/h1-4,7-10H,5-6,11-12,15-18H2,(H,38,42)(H,39,41);3-26H2,1-2H3,(H,28,29). The van der Waals surface area contributed by atoms with Crippen LogP contribution in [-0.4, -0.2) is 209 Å². The Balaban J connectivity index is 0.000000453. The lowest BCUT2D eigenvalue weighted by Crippen LogP contribution is -2.37. The van der Waals surface area contributed by atoms with Crippen molar-refractivity contribution in [3.8, 4) is 17.6 Å². The number of halogens is 5. The van der Waals surface area contributed by atoms with E-state index in [0.29, 0.717) is 183 Å². The molecule has 86 heavy (non-hydrogen) atoms. The molecule has 3 N–H and O–H groups in total. The number of amides is 4. The molecule has 1 heterocycles. The van der Waals surface area contributed by atoms with E-state index in [9.17, 15) is 45.9 Å². The topological polar surface area (TPSA) is 245 Å². The number of nitrogens with zero attached hydrogens (tertiary/aromatic N) is 1. The number of ether oxygens (including phenoxy) is 13. The summed E-state index contributed by atoms with van der Waals surface area (Å²) < 4.78 is 135. The molecular formula is C59H81F5N4O18. The Bertz CT molecular complexity index is 2460. The Kier molecular flexibility index (Phi) is 41.2. The summed E-state index contributed by atoms with van der Waals surface area (Å²) in [6.45, 7) is 11.2. The van der Waals surface area contributed by atoms with Crippen molar-refractivity contribution < 1.29 is 108 Å². The molecule has 4 rings (SSSR count). The first kappa shape index (κ1) is 74.0. The summed E-state index contributed by atoms with van der Waals surface area (Å²) in [5.41, 5.74) is 3.20. The van der Waals surface area contributed by atoms with Crippen molar-refractivity contribution in [1.82, 2.24) is 16.0 Å². The molecule has 22 nitrogen and oxygen atoms in total. The summed E-state index contributed by atoms with van der Waals surface area (Å²) in [6.07, 6.45) is 0.700. The van der Waals surface area contributed by atoms with Crippen molar-refractivity contribution in [3.05, 3.63) is 94.3 Å². The molecule has 0 saturated heterocycles. The van der Waals surface area contributed by atoms with Gasteiger partial charge in [-0.1, -0.05) is 42.2 Å². The number of hydrogen-bond donors (Lipinski definition) is 3. The molecule has 1 aliphatic rings. The second kappa shape index (κ2) is 47.8. The van der Waals surface area contributed by atoms with Gasteiger partial charge in [0.2, 0.25) is 58.5 Å². The fourth-order valence-electron chi connectivity index (χ4n) is 7.11. The third kappa shape index (κ3) is 33.0. The number of hydrogen-bond acceptors (Lipinski definition) is 18. The molecule has 0 aromatic heterocycles. The summed E-state index contributed by atoms with van der Waals surface area (Å²) >= 11 is 0. The number of esters is 1. The second-order valence-electron chi connectivity index (χ2n) is 18.0. The lowest BCUT2D eigenvalue weighted by atomic mass is 10.0. The van der Waals surface area contributed by atoms with E-state index >= 15 is 0 Å². The summed E-state index contributed by atoms with van der Waals surface area (Å²) in [4.78, 5) is 61.8. The Morgan fingerprint density at radius 3 is 1.34 bits per heavy atom. The fourth-order valence-corrected chi connectivity index (χ4v) is 7.11. The minimum absolute atomic E-state index is 0.0354. The highest BCUT2D eigenvalue weighted by atomic mass is 19.2. The van der Waals surface area contributed by atoms with Crippen LogP contribution in [0.3, 0.4) is 0 Å². The predicted molar refractivity (Wildman–Crippen MR) is 301 cm³/mol. The monoisotopic (exact) mass is 1230 g/mol. The molecule has 0 atom stereocenters. The zero-order chi connectivity index (χ0) is 62.2. The number of benzene rings is 3. The first-order valence-corrected chi connectivity index (χ1v) is 28.2. The van der Waals surface area contributed by atoms with E-state index in [1.165, 1.54) is 0 Å². The average Bonchev–Trinajstić information content (AvgIpc) is 3.72. The highest BCUT2D eigenvalue weighted by Crippen LogP contribution is 2.30. The van der Waals surface area contributed by atoms with Gasteiger partial charge in [-0.15, -0.1) is 0 Å². The first-order chi connectivity index (χ1) is 41.9. The number of anilines is 1. The van der Waals surface area contributed by atoms with Gasteiger partial charge in [-0.05, 0) is 36.6 Å². The number of unbranched alkanes of at least 4 members (excludes halogenated alkanes) is 1. The van der Waals surface area contributed by atoms with Gasteiger partial charge < -0.3 is 82.4 Å². The van der Waals surface area contributed by atoms with Crippen LogP contribution in [0.15, 0.2) is 48.5 Å². The Hall–Kier alpha value is -6.26. The van der Waals surface area contributed by atoms with Crippen LogP contribution in [0.2, 0.25) is 0 Å². The SMILES string of the molecule is CNC(=O)CCOCCOCCOCCOCCOCCOCCOCCOCCOCCOCCOCCOC.O=C(CCCCC(=O)N1Cc2ccccc2C#Cc2ccccc21)NCC(=O)NCCC(=O)Oc1c(F)c(F)c(F)c(F)c1F. The number of carbonyl (C=O) groups excluding carboxylic acids is 5. The van der Waals surface area contributed by atoms with Gasteiger partial charge in [0.1, 0.15) is 0 Å². The van der Waals surface area contributed by atoms with Crippen molar-refractivity contribution in [2.75, 3.05) is 184 Å². The van der Waals surface area contributed by atoms with Gasteiger partial charge in [-0.3, -0.25) is 24.0 Å². The van der Waals surface area contributed by atoms with E-state index in [2.05, 4.69) is 32.5 Å². The Labute approximate surface area is 498 Å². The Morgan fingerprint density at radius 1 is 0.453 bits per heavy atom. The van der Waals surface area contributed by atoms with Gasteiger partial charge in [-0.25, -0.2) is 13.2 Å². The third-order valence-corrected chi connectivity index (χ3v) is 11.6. The van der Waals surface area contributed by atoms with Gasteiger partial charge in [-0.2, -0.15) is 8.78 Å². The Morgan fingerprint density at radius 2 is 0.860 bits per heavy atom. The zero-order valence-electron chi connectivity index (χ0n) is 48.9. The maximum Gasteiger partial charge on any atom is 0.313 e. The van der Waals surface area contributed by atoms with E-state index in [1.807, 2.05) is 48.5 Å². The van der Waals surface area contributed by atoms with Gasteiger partial charge in [0.25, 0.3) is 0 Å². The largest absolute Gasteiger partial charge is 0.420 e. The molecule has 3 aromatic carbocycles. The van der Waals surface area contributed by atoms with Crippen LogP contribution < -0.4 is 25.6 Å². The van der Waals surface area contributed by atoms with Crippen LogP contribution in [0.25, 0.3) is 0 Å². The average molecular weight is 1230 g/mol. The smallest absolute Gasteiger partial charge is 0.313 e. The van der Waals surface area contributed by atoms with Gasteiger partial charge in [0, 0.05) is 51.1 Å². The van der Waals surface area contributed by atoms with Crippen LogP contribution in [0, 0.1) is 40.9 Å². The van der Waals surface area contributed by atoms with Crippen molar-refractivity contribution in [3.63, 3.8) is 0 Å². The molecule has 0 fully saturated rings. The number of methoxy groups -OCH3 is 1. The summed E-state index contributed by atoms with van der Waals surface area (Å²) in [5.74, 6) is -9.70. The molecule has 0 saturated carbocycles. The van der Waals surface area contributed by atoms with E-state index in [-0.39, 0.29) is 24.7 Å². The molecule has 0 unspecified atom stereocenters. The van der Waals surface area contributed by atoms with Crippen molar-refractivity contribution in [1.29, 1.82) is 0 Å². The van der Waals surface area contributed by atoms with Crippen molar-refractivity contribution in [2.45, 2.75) is 45.1 Å². The van der Waals surface area contributed by atoms with E-state index < -0.39 is 72.1 Å².